The van der Waals surface area contributed by atoms with E-state index in [4.69, 9.17) is 9.47 Å². The molecule has 2 aliphatic heterocycles. The average Bonchev–Trinajstić information content (AvgIpc) is 3.26. The topological polar surface area (TPSA) is 76.1 Å². The molecule has 1 saturated heterocycles. The number of aliphatic hydroxyl groups excluding tert-OH is 1. The Labute approximate surface area is 194 Å². The molecule has 2 unspecified atom stereocenters. The number of amides is 1. The van der Waals surface area contributed by atoms with E-state index in [1.165, 1.54) is 0 Å². The van der Waals surface area contributed by atoms with Gasteiger partial charge in [-0.15, -0.1) is 0 Å². The van der Waals surface area contributed by atoms with Crippen molar-refractivity contribution in [3.8, 4) is 5.75 Å². The average molecular weight is 450 g/mol. The summed E-state index contributed by atoms with van der Waals surface area (Å²) in [6.07, 6.45) is 1.51. The van der Waals surface area contributed by atoms with Gasteiger partial charge in [0.1, 0.15) is 17.6 Å². The first kappa shape index (κ1) is 23.1. The van der Waals surface area contributed by atoms with Gasteiger partial charge in [-0.1, -0.05) is 29.8 Å². The maximum absolute atomic E-state index is 13.2. The molecule has 2 heterocycles. The van der Waals surface area contributed by atoms with E-state index in [1.54, 1.807) is 11.0 Å². The number of carbonyl (C=O) groups excluding carboxylic acids is 2. The Balaban J connectivity index is 1.74. The Kier molecular flexibility index (Phi) is 6.56. The van der Waals surface area contributed by atoms with E-state index < -0.39 is 17.7 Å². The lowest BCUT2D eigenvalue weighted by atomic mass is 9.93. The summed E-state index contributed by atoms with van der Waals surface area (Å²) >= 11 is 0. The van der Waals surface area contributed by atoms with Crippen LogP contribution in [-0.4, -0.2) is 47.1 Å². The van der Waals surface area contributed by atoms with Crippen LogP contribution in [0.1, 0.15) is 55.5 Å². The summed E-state index contributed by atoms with van der Waals surface area (Å²) in [5.41, 5.74) is 3.45. The lowest BCUT2D eigenvalue weighted by Gasteiger charge is -2.25. The zero-order valence-corrected chi connectivity index (χ0v) is 19.6. The lowest BCUT2D eigenvalue weighted by Crippen LogP contribution is -2.31. The Morgan fingerprint density at radius 2 is 2.00 bits per heavy atom. The first-order valence-electron chi connectivity index (χ1n) is 11.5. The van der Waals surface area contributed by atoms with Gasteiger partial charge in [0.25, 0.3) is 11.7 Å². The van der Waals surface area contributed by atoms with Crippen molar-refractivity contribution < 1.29 is 24.2 Å². The first-order valence-corrected chi connectivity index (χ1v) is 11.5. The molecule has 0 aromatic heterocycles. The van der Waals surface area contributed by atoms with Crippen molar-refractivity contribution in [2.24, 2.45) is 0 Å². The summed E-state index contributed by atoms with van der Waals surface area (Å²) in [5.74, 6) is -0.609. The molecular weight excluding hydrogens is 418 g/mol. The van der Waals surface area contributed by atoms with Crippen LogP contribution >= 0.6 is 0 Å². The zero-order valence-electron chi connectivity index (χ0n) is 19.6. The summed E-state index contributed by atoms with van der Waals surface area (Å²) in [7, 11) is 0. The summed E-state index contributed by atoms with van der Waals surface area (Å²) in [6, 6.07) is 12.5. The second-order valence-corrected chi connectivity index (χ2v) is 9.13. The number of Topliss-reactive ketones (excluding diaryl/α,β-unsaturated/α-hetero) is 1. The van der Waals surface area contributed by atoms with Gasteiger partial charge in [0, 0.05) is 25.1 Å². The molecule has 0 bridgehead atoms. The van der Waals surface area contributed by atoms with Crippen molar-refractivity contribution in [3.63, 3.8) is 0 Å². The molecule has 1 N–H and O–H groups in total. The molecule has 0 aliphatic carbocycles. The highest BCUT2D eigenvalue weighted by Gasteiger charge is 2.45. The molecule has 6 nitrogen and oxygen atoms in total. The minimum atomic E-state index is -0.658. The molecule has 0 saturated carbocycles. The Morgan fingerprint density at radius 3 is 2.73 bits per heavy atom. The van der Waals surface area contributed by atoms with Crippen molar-refractivity contribution in [2.75, 3.05) is 13.2 Å². The van der Waals surface area contributed by atoms with E-state index >= 15 is 0 Å². The fourth-order valence-electron chi connectivity index (χ4n) is 4.58. The number of nitrogens with zero attached hydrogens (tertiary/aromatic N) is 1. The number of ketones is 1. The van der Waals surface area contributed by atoms with Crippen molar-refractivity contribution in [2.45, 2.75) is 58.8 Å². The monoisotopic (exact) mass is 449 g/mol. The summed E-state index contributed by atoms with van der Waals surface area (Å²) in [5, 5.41) is 11.3. The largest absolute Gasteiger partial charge is 0.507 e. The quantitative estimate of drug-likeness (QED) is 0.290. The van der Waals surface area contributed by atoms with Gasteiger partial charge in [-0.3, -0.25) is 9.59 Å². The number of fused-ring (bicyclic) bond motifs is 1. The van der Waals surface area contributed by atoms with Crippen molar-refractivity contribution >= 4 is 17.4 Å². The molecule has 2 aliphatic rings. The number of aryl methyl sites for hydroxylation is 1. The van der Waals surface area contributed by atoms with E-state index in [1.807, 2.05) is 64.1 Å². The molecule has 2 aromatic carbocycles. The number of rotatable bonds is 7. The molecule has 4 rings (SSSR count). The van der Waals surface area contributed by atoms with Crippen LogP contribution in [0.3, 0.4) is 0 Å². The fourth-order valence-corrected chi connectivity index (χ4v) is 4.58. The third-order valence-electron chi connectivity index (χ3n) is 6.06. The molecular formula is C27H31NO5. The third kappa shape index (κ3) is 4.67. The van der Waals surface area contributed by atoms with Gasteiger partial charge in [0.15, 0.2) is 0 Å². The van der Waals surface area contributed by atoms with Crippen LogP contribution in [0.2, 0.25) is 0 Å². The highest BCUT2D eigenvalue weighted by molar-refractivity contribution is 6.46. The standard InChI is InChI=1S/C27H31NO5/c1-16(2)32-12-6-11-28-24(19-8-5-7-17(3)13-19)23(26(30)27(28)31)25(29)20-9-10-22-21(15-20)14-18(4)33-22/h5,7-10,13,15-16,18,24,29H,6,11-12,14H2,1-4H3/b25-23-. The van der Waals surface area contributed by atoms with Gasteiger partial charge >= 0.3 is 0 Å². The maximum atomic E-state index is 13.2. The van der Waals surface area contributed by atoms with Crippen LogP contribution in [0.25, 0.3) is 5.76 Å². The highest BCUT2D eigenvalue weighted by Crippen LogP contribution is 2.40. The van der Waals surface area contributed by atoms with Gasteiger partial charge in [0.05, 0.1) is 17.7 Å². The first-order chi connectivity index (χ1) is 15.8. The molecule has 6 heteroatoms. The zero-order chi connectivity index (χ0) is 23.7. The lowest BCUT2D eigenvalue weighted by molar-refractivity contribution is -0.140. The van der Waals surface area contributed by atoms with Crippen molar-refractivity contribution in [1.29, 1.82) is 0 Å². The summed E-state index contributed by atoms with van der Waals surface area (Å²) in [4.78, 5) is 27.8. The second-order valence-electron chi connectivity index (χ2n) is 9.13. The van der Waals surface area contributed by atoms with Crippen LogP contribution in [0.5, 0.6) is 5.75 Å². The summed E-state index contributed by atoms with van der Waals surface area (Å²) in [6.45, 7) is 8.73. The number of hydrogen-bond donors (Lipinski definition) is 1. The van der Waals surface area contributed by atoms with Crippen LogP contribution in [-0.2, 0) is 20.7 Å². The van der Waals surface area contributed by atoms with E-state index in [-0.39, 0.29) is 23.5 Å². The van der Waals surface area contributed by atoms with Crippen LogP contribution < -0.4 is 4.74 Å². The molecule has 0 spiro atoms. The highest BCUT2D eigenvalue weighted by atomic mass is 16.5. The van der Waals surface area contributed by atoms with E-state index in [9.17, 15) is 14.7 Å². The van der Waals surface area contributed by atoms with E-state index in [0.29, 0.717) is 25.1 Å². The van der Waals surface area contributed by atoms with Gasteiger partial charge in [0.2, 0.25) is 0 Å². The normalized spacial score (nSPS) is 21.5. The molecule has 0 radical (unpaired) electrons. The van der Waals surface area contributed by atoms with Crippen molar-refractivity contribution in [3.05, 3.63) is 70.3 Å². The molecule has 1 amide bonds. The Bertz CT molecular complexity index is 1100. The molecule has 2 atom stereocenters. The number of ether oxygens (including phenoxy) is 2. The van der Waals surface area contributed by atoms with Gasteiger partial charge in [-0.25, -0.2) is 0 Å². The molecule has 33 heavy (non-hydrogen) atoms. The second kappa shape index (κ2) is 9.40. The number of likely N-dealkylation sites (tertiary alicyclic amines) is 1. The fraction of sp³-hybridized carbons (Fsp3) is 0.407. The van der Waals surface area contributed by atoms with Crippen LogP contribution in [0.15, 0.2) is 48.0 Å². The van der Waals surface area contributed by atoms with Gasteiger partial charge in [-0.05, 0) is 63.4 Å². The van der Waals surface area contributed by atoms with Crippen LogP contribution in [0.4, 0.5) is 0 Å². The number of hydrogen-bond acceptors (Lipinski definition) is 5. The Hall–Kier alpha value is -3.12. The predicted octanol–water partition coefficient (Wildman–Crippen LogP) is 4.56. The minimum absolute atomic E-state index is 0.0725. The van der Waals surface area contributed by atoms with E-state index in [0.717, 1.165) is 28.9 Å². The van der Waals surface area contributed by atoms with Gasteiger partial charge in [-0.2, -0.15) is 0 Å². The predicted molar refractivity (Wildman–Crippen MR) is 126 cm³/mol. The number of carbonyl (C=O) groups is 2. The number of benzene rings is 2. The molecule has 2 aromatic rings. The molecule has 174 valence electrons. The smallest absolute Gasteiger partial charge is 0.295 e. The SMILES string of the molecule is Cc1cccc(C2/C(=C(/O)c3ccc4c(c3)CC(C)O4)C(=O)C(=O)N2CCCOC(C)C)c1. The van der Waals surface area contributed by atoms with Gasteiger partial charge < -0.3 is 19.5 Å². The van der Waals surface area contributed by atoms with Crippen molar-refractivity contribution in [1.82, 2.24) is 4.90 Å². The maximum Gasteiger partial charge on any atom is 0.295 e. The molecule has 1 fully saturated rings. The summed E-state index contributed by atoms with van der Waals surface area (Å²) < 4.78 is 11.4. The number of aliphatic hydroxyl groups is 1. The third-order valence-corrected chi connectivity index (χ3v) is 6.06. The Morgan fingerprint density at radius 1 is 1.21 bits per heavy atom. The van der Waals surface area contributed by atoms with Crippen LogP contribution in [0, 0.1) is 6.92 Å². The minimum Gasteiger partial charge on any atom is -0.507 e. The van der Waals surface area contributed by atoms with E-state index in [2.05, 4.69) is 0 Å².